The lowest BCUT2D eigenvalue weighted by molar-refractivity contribution is -0.144. The maximum Gasteiger partial charge on any atom is 0.328 e. The fourth-order valence-electron chi connectivity index (χ4n) is 2.16. The highest BCUT2D eigenvalue weighted by molar-refractivity contribution is 5.83. The zero-order chi connectivity index (χ0) is 18.1. The Balaban J connectivity index is 2.69. The second kappa shape index (κ2) is 9.64. The number of methoxy groups -OCH3 is 3. The molecule has 0 radical (unpaired) electrons. The minimum atomic E-state index is -0.683. The number of hydrogen-bond acceptors (Lipinski definition) is 5. The Labute approximate surface area is 142 Å². The standard InChI is InChI=1S/C17H26N2O5/c1-6-11(2)15(16(20)24-5)19-17(21)18-10-12-7-8-13(22-3)9-14(12)23-4/h7-9,11,15H,6,10H2,1-5H3,(H2,18,19,21)/t11-,15-/m1/s1. The van der Waals surface area contributed by atoms with Gasteiger partial charge in [0.25, 0.3) is 0 Å². The van der Waals surface area contributed by atoms with E-state index >= 15 is 0 Å². The van der Waals surface area contributed by atoms with Crippen molar-refractivity contribution in [1.29, 1.82) is 0 Å². The van der Waals surface area contributed by atoms with Gasteiger partial charge in [-0.15, -0.1) is 0 Å². The minimum Gasteiger partial charge on any atom is -0.497 e. The van der Waals surface area contributed by atoms with E-state index in [1.807, 2.05) is 19.9 Å². The lowest BCUT2D eigenvalue weighted by Gasteiger charge is -2.22. The quantitative estimate of drug-likeness (QED) is 0.709. The van der Waals surface area contributed by atoms with Gasteiger partial charge in [-0.25, -0.2) is 9.59 Å². The topological polar surface area (TPSA) is 85.9 Å². The van der Waals surface area contributed by atoms with Crippen molar-refractivity contribution in [3.63, 3.8) is 0 Å². The normalized spacial score (nSPS) is 12.7. The summed E-state index contributed by atoms with van der Waals surface area (Å²) in [5.74, 6) is 0.795. The Morgan fingerprint density at radius 2 is 1.88 bits per heavy atom. The van der Waals surface area contributed by atoms with Crippen LogP contribution in [0.2, 0.25) is 0 Å². The van der Waals surface area contributed by atoms with Crippen LogP contribution < -0.4 is 20.1 Å². The molecule has 1 rings (SSSR count). The molecule has 0 aliphatic rings. The van der Waals surface area contributed by atoms with Crippen molar-refractivity contribution in [1.82, 2.24) is 10.6 Å². The second-order valence-electron chi connectivity index (χ2n) is 5.39. The zero-order valence-corrected chi connectivity index (χ0v) is 14.8. The molecule has 0 aliphatic heterocycles. The average Bonchev–Trinajstić information content (AvgIpc) is 2.62. The number of hydrogen-bond donors (Lipinski definition) is 2. The molecule has 0 aliphatic carbocycles. The first-order valence-electron chi connectivity index (χ1n) is 7.79. The van der Waals surface area contributed by atoms with Crippen LogP contribution in [0.25, 0.3) is 0 Å². The first kappa shape index (κ1) is 19.6. The third-order valence-electron chi connectivity index (χ3n) is 3.89. The molecule has 2 atom stereocenters. The molecular formula is C17H26N2O5. The minimum absolute atomic E-state index is 0.0290. The number of urea groups is 1. The van der Waals surface area contributed by atoms with Crippen molar-refractivity contribution in [3.05, 3.63) is 23.8 Å². The van der Waals surface area contributed by atoms with Gasteiger partial charge in [0.05, 0.1) is 21.3 Å². The molecule has 24 heavy (non-hydrogen) atoms. The van der Waals surface area contributed by atoms with Gasteiger partial charge in [-0.3, -0.25) is 0 Å². The van der Waals surface area contributed by atoms with E-state index in [-0.39, 0.29) is 12.5 Å². The van der Waals surface area contributed by atoms with Gasteiger partial charge >= 0.3 is 12.0 Å². The van der Waals surface area contributed by atoms with E-state index in [2.05, 4.69) is 10.6 Å². The lowest BCUT2D eigenvalue weighted by atomic mass is 9.99. The van der Waals surface area contributed by atoms with Crippen LogP contribution in [0.4, 0.5) is 4.79 Å². The molecule has 0 saturated carbocycles. The highest BCUT2D eigenvalue weighted by Crippen LogP contribution is 2.24. The van der Waals surface area contributed by atoms with Crippen LogP contribution in [0, 0.1) is 5.92 Å². The Hall–Kier alpha value is -2.44. The van der Waals surface area contributed by atoms with Crippen molar-refractivity contribution in [2.45, 2.75) is 32.9 Å². The van der Waals surface area contributed by atoms with E-state index in [9.17, 15) is 9.59 Å². The van der Waals surface area contributed by atoms with E-state index in [4.69, 9.17) is 14.2 Å². The summed E-state index contributed by atoms with van der Waals surface area (Å²) in [4.78, 5) is 23.9. The molecule has 0 heterocycles. The maximum absolute atomic E-state index is 12.1. The first-order valence-corrected chi connectivity index (χ1v) is 7.79. The summed E-state index contributed by atoms with van der Waals surface area (Å²) < 4.78 is 15.2. The lowest BCUT2D eigenvalue weighted by Crippen LogP contribution is -2.49. The predicted octanol–water partition coefficient (Wildman–Crippen LogP) is 2.09. The summed E-state index contributed by atoms with van der Waals surface area (Å²) in [6, 6.07) is 4.21. The van der Waals surface area contributed by atoms with Gasteiger partial charge in [0, 0.05) is 18.2 Å². The summed E-state index contributed by atoms with van der Waals surface area (Å²) in [5.41, 5.74) is 0.798. The molecule has 0 aromatic heterocycles. The smallest absolute Gasteiger partial charge is 0.328 e. The summed E-state index contributed by atoms with van der Waals surface area (Å²) >= 11 is 0. The van der Waals surface area contributed by atoms with E-state index in [0.717, 1.165) is 12.0 Å². The van der Waals surface area contributed by atoms with E-state index in [1.165, 1.54) is 7.11 Å². The van der Waals surface area contributed by atoms with E-state index in [1.54, 1.807) is 26.4 Å². The molecule has 0 fully saturated rings. The average molecular weight is 338 g/mol. The van der Waals surface area contributed by atoms with E-state index in [0.29, 0.717) is 11.5 Å². The van der Waals surface area contributed by atoms with Crippen LogP contribution in [-0.4, -0.2) is 39.4 Å². The van der Waals surface area contributed by atoms with Gasteiger partial charge in [-0.2, -0.15) is 0 Å². The number of amides is 2. The fraction of sp³-hybridized carbons (Fsp3) is 0.529. The second-order valence-corrected chi connectivity index (χ2v) is 5.39. The third-order valence-corrected chi connectivity index (χ3v) is 3.89. The van der Waals surface area contributed by atoms with Crippen molar-refractivity contribution >= 4 is 12.0 Å². The Morgan fingerprint density at radius 1 is 1.17 bits per heavy atom. The molecular weight excluding hydrogens is 312 g/mol. The van der Waals surface area contributed by atoms with Crippen LogP contribution in [0.3, 0.4) is 0 Å². The molecule has 134 valence electrons. The molecule has 2 amide bonds. The molecule has 0 spiro atoms. The summed E-state index contributed by atoms with van der Waals surface area (Å²) in [7, 11) is 4.43. The summed E-state index contributed by atoms with van der Waals surface area (Å²) in [6.07, 6.45) is 0.742. The Morgan fingerprint density at radius 3 is 2.42 bits per heavy atom. The molecule has 1 aromatic rings. The van der Waals surface area contributed by atoms with Crippen LogP contribution in [0.1, 0.15) is 25.8 Å². The van der Waals surface area contributed by atoms with Gasteiger partial charge in [0.15, 0.2) is 0 Å². The summed E-state index contributed by atoms with van der Waals surface area (Å²) in [6.45, 7) is 4.09. The highest BCUT2D eigenvalue weighted by atomic mass is 16.5. The first-order chi connectivity index (χ1) is 11.5. The van der Waals surface area contributed by atoms with Crippen LogP contribution in [0.5, 0.6) is 11.5 Å². The van der Waals surface area contributed by atoms with Crippen molar-refractivity contribution in [2.75, 3.05) is 21.3 Å². The van der Waals surface area contributed by atoms with E-state index < -0.39 is 18.0 Å². The monoisotopic (exact) mass is 338 g/mol. The number of benzene rings is 1. The predicted molar refractivity (Wildman–Crippen MR) is 90.2 cm³/mol. The SMILES string of the molecule is CC[C@@H](C)[C@@H](NC(=O)NCc1ccc(OC)cc1OC)C(=O)OC. The number of carbonyl (C=O) groups is 2. The Bertz CT molecular complexity index is 562. The molecule has 0 unspecified atom stereocenters. The number of carbonyl (C=O) groups excluding carboxylic acids is 2. The van der Waals surface area contributed by atoms with Crippen LogP contribution in [-0.2, 0) is 16.1 Å². The maximum atomic E-state index is 12.1. The highest BCUT2D eigenvalue weighted by Gasteiger charge is 2.26. The molecule has 0 bridgehead atoms. The molecule has 0 saturated heterocycles. The number of nitrogens with one attached hydrogen (secondary N) is 2. The largest absolute Gasteiger partial charge is 0.497 e. The van der Waals surface area contributed by atoms with Crippen LogP contribution in [0.15, 0.2) is 18.2 Å². The number of rotatable bonds is 8. The van der Waals surface area contributed by atoms with Crippen LogP contribution >= 0.6 is 0 Å². The zero-order valence-electron chi connectivity index (χ0n) is 14.8. The molecule has 2 N–H and O–H groups in total. The molecule has 1 aromatic carbocycles. The van der Waals surface area contributed by atoms with Crippen molar-refractivity contribution in [2.24, 2.45) is 5.92 Å². The van der Waals surface area contributed by atoms with Crippen molar-refractivity contribution in [3.8, 4) is 11.5 Å². The molecule has 7 heteroatoms. The van der Waals surface area contributed by atoms with Gasteiger partial charge in [0.2, 0.25) is 0 Å². The van der Waals surface area contributed by atoms with Gasteiger partial charge in [-0.05, 0) is 18.1 Å². The van der Waals surface area contributed by atoms with Gasteiger partial charge < -0.3 is 24.8 Å². The van der Waals surface area contributed by atoms with Gasteiger partial charge in [-0.1, -0.05) is 20.3 Å². The Kier molecular flexibility index (Phi) is 7.88. The van der Waals surface area contributed by atoms with Crippen molar-refractivity contribution < 1.29 is 23.8 Å². The van der Waals surface area contributed by atoms with Gasteiger partial charge in [0.1, 0.15) is 17.5 Å². The fourth-order valence-corrected chi connectivity index (χ4v) is 2.16. The number of ether oxygens (including phenoxy) is 3. The summed E-state index contributed by atoms with van der Waals surface area (Å²) in [5, 5.41) is 5.38. The number of esters is 1. The third kappa shape index (κ3) is 5.33. The molecule has 7 nitrogen and oxygen atoms in total.